The van der Waals surface area contributed by atoms with Crippen LogP contribution >= 0.6 is 0 Å². The molecule has 1 aliphatic rings. The third-order valence-electron chi connectivity index (χ3n) is 2.66. The van der Waals surface area contributed by atoms with Gasteiger partial charge in [0, 0.05) is 12.0 Å². The van der Waals surface area contributed by atoms with Gasteiger partial charge in [-0.25, -0.2) is 8.78 Å². The molecule has 1 heterocycles. The van der Waals surface area contributed by atoms with Crippen LogP contribution in [0.2, 0.25) is 0 Å². The lowest BCUT2D eigenvalue weighted by Gasteiger charge is -2.13. The first-order valence-electron chi connectivity index (χ1n) is 5.63. The first kappa shape index (κ1) is 12.1. The molecule has 0 radical (unpaired) electrons. The Hall–Kier alpha value is -1.36. The smallest absolute Gasteiger partial charge is 0.264 e. The van der Waals surface area contributed by atoms with Gasteiger partial charge in [0.15, 0.2) is 11.5 Å². The van der Waals surface area contributed by atoms with E-state index in [1.54, 1.807) is 6.07 Å². The third-order valence-corrected chi connectivity index (χ3v) is 2.66. The Morgan fingerprint density at radius 1 is 1.18 bits per heavy atom. The van der Waals surface area contributed by atoms with Crippen LogP contribution in [0.15, 0.2) is 12.1 Å². The van der Waals surface area contributed by atoms with Crippen LogP contribution in [-0.2, 0) is 6.42 Å². The van der Waals surface area contributed by atoms with Gasteiger partial charge in [-0.15, -0.1) is 0 Å². The SMILES string of the molecule is NCCc1cc2c(cc1C(F)F)OCCCO2. The third kappa shape index (κ3) is 2.66. The van der Waals surface area contributed by atoms with Crippen molar-refractivity contribution in [3.63, 3.8) is 0 Å². The monoisotopic (exact) mass is 243 g/mol. The molecule has 0 saturated heterocycles. The summed E-state index contributed by atoms with van der Waals surface area (Å²) in [6, 6.07) is 2.99. The molecular formula is C12H15F2NO2. The lowest BCUT2D eigenvalue weighted by molar-refractivity contribution is 0.149. The van der Waals surface area contributed by atoms with Crippen molar-refractivity contribution in [2.24, 2.45) is 5.73 Å². The zero-order valence-electron chi connectivity index (χ0n) is 9.42. The van der Waals surface area contributed by atoms with Crippen molar-refractivity contribution in [2.75, 3.05) is 19.8 Å². The second-order valence-electron chi connectivity index (χ2n) is 3.89. The van der Waals surface area contributed by atoms with Gasteiger partial charge in [0.1, 0.15) is 0 Å². The van der Waals surface area contributed by atoms with Gasteiger partial charge in [-0.2, -0.15) is 0 Å². The van der Waals surface area contributed by atoms with Crippen LogP contribution in [0.1, 0.15) is 24.0 Å². The zero-order valence-corrected chi connectivity index (χ0v) is 9.42. The molecular weight excluding hydrogens is 228 g/mol. The molecule has 2 N–H and O–H groups in total. The number of benzene rings is 1. The Kier molecular flexibility index (Phi) is 3.78. The maximum atomic E-state index is 12.9. The fourth-order valence-corrected chi connectivity index (χ4v) is 1.84. The molecule has 1 aliphatic heterocycles. The average molecular weight is 243 g/mol. The highest BCUT2D eigenvalue weighted by atomic mass is 19.3. The van der Waals surface area contributed by atoms with E-state index < -0.39 is 6.43 Å². The molecule has 0 amide bonds. The highest BCUT2D eigenvalue weighted by Crippen LogP contribution is 2.36. The molecule has 94 valence electrons. The Morgan fingerprint density at radius 3 is 2.41 bits per heavy atom. The van der Waals surface area contributed by atoms with Gasteiger partial charge in [0.25, 0.3) is 6.43 Å². The number of hydrogen-bond acceptors (Lipinski definition) is 3. The van der Waals surface area contributed by atoms with E-state index in [1.165, 1.54) is 6.07 Å². The summed E-state index contributed by atoms with van der Waals surface area (Å²) >= 11 is 0. The van der Waals surface area contributed by atoms with Crippen molar-refractivity contribution >= 4 is 0 Å². The van der Waals surface area contributed by atoms with Gasteiger partial charge in [-0.05, 0) is 30.7 Å². The van der Waals surface area contributed by atoms with E-state index in [2.05, 4.69) is 0 Å². The van der Waals surface area contributed by atoms with Crippen molar-refractivity contribution in [1.82, 2.24) is 0 Å². The first-order chi connectivity index (χ1) is 8.22. The number of nitrogens with two attached hydrogens (primary N) is 1. The average Bonchev–Trinajstić information content (AvgIpc) is 2.52. The van der Waals surface area contributed by atoms with Crippen LogP contribution < -0.4 is 15.2 Å². The quantitative estimate of drug-likeness (QED) is 0.885. The fourth-order valence-electron chi connectivity index (χ4n) is 1.84. The number of fused-ring (bicyclic) bond motifs is 1. The summed E-state index contributed by atoms with van der Waals surface area (Å²) in [5.41, 5.74) is 5.94. The molecule has 0 aliphatic carbocycles. The van der Waals surface area contributed by atoms with Gasteiger partial charge in [0.2, 0.25) is 0 Å². The van der Waals surface area contributed by atoms with E-state index in [-0.39, 0.29) is 5.56 Å². The minimum atomic E-state index is -2.52. The molecule has 5 heteroatoms. The lowest BCUT2D eigenvalue weighted by Crippen LogP contribution is -2.06. The second-order valence-corrected chi connectivity index (χ2v) is 3.89. The lowest BCUT2D eigenvalue weighted by atomic mass is 10.0. The summed E-state index contributed by atoms with van der Waals surface area (Å²) in [4.78, 5) is 0. The van der Waals surface area contributed by atoms with Crippen molar-refractivity contribution in [1.29, 1.82) is 0 Å². The molecule has 0 bridgehead atoms. The molecule has 0 atom stereocenters. The van der Waals surface area contributed by atoms with Crippen molar-refractivity contribution in [3.8, 4) is 11.5 Å². The molecule has 0 aromatic heterocycles. The van der Waals surface area contributed by atoms with E-state index in [0.717, 1.165) is 6.42 Å². The van der Waals surface area contributed by atoms with Gasteiger partial charge in [-0.1, -0.05) is 0 Å². The maximum absolute atomic E-state index is 12.9. The van der Waals surface area contributed by atoms with Gasteiger partial charge < -0.3 is 15.2 Å². The van der Waals surface area contributed by atoms with Crippen LogP contribution in [0.4, 0.5) is 8.78 Å². The number of hydrogen-bond donors (Lipinski definition) is 1. The summed E-state index contributed by atoms with van der Waals surface area (Å²) < 4.78 is 36.6. The summed E-state index contributed by atoms with van der Waals surface area (Å²) in [5, 5.41) is 0. The molecule has 0 spiro atoms. The zero-order chi connectivity index (χ0) is 12.3. The Labute approximate surface area is 98.5 Å². The fraction of sp³-hybridized carbons (Fsp3) is 0.500. The Bertz CT molecular complexity index is 396. The van der Waals surface area contributed by atoms with Crippen molar-refractivity contribution in [2.45, 2.75) is 19.3 Å². The molecule has 0 saturated carbocycles. The van der Waals surface area contributed by atoms with Crippen LogP contribution in [0.3, 0.4) is 0 Å². The minimum Gasteiger partial charge on any atom is -0.490 e. The van der Waals surface area contributed by atoms with Gasteiger partial charge in [-0.3, -0.25) is 0 Å². The molecule has 3 nitrogen and oxygen atoms in total. The van der Waals surface area contributed by atoms with E-state index in [0.29, 0.717) is 43.2 Å². The summed E-state index contributed by atoms with van der Waals surface area (Å²) in [6.07, 6.45) is -1.35. The molecule has 17 heavy (non-hydrogen) atoms. The number of alkyl halides is 2. The van der Waals surface area contributed by atoms with Crippen molar-refractivity contribution < 1.29 is 18.3 Å². The van der Waals surface area contributed by atoms with Crippen LogP contribution in [0.25, 0.3) is 0 Å². The first-order valence-corrected chi connectivity index (χ1v) is 5.63. The van der Waals surface area contributed by atoms with E-state index in [9.17, 15) is 8.78 Å². The van der Waals surface area contributed by atoms with Gasteiger partial charge in [0.05, 0.1) is 13.2 Å². The van der Waals surface area contributed by atoms with Crippen molar-refractivity contribution in [3.05, 3.63) is 23.3 Å². The normalized spacial score (nSPS) is 14.8. The second kappa shape index (κ2) is 5.31. The van der Waals surface area contributed by atoms with E-state index in [4.69, 9.17) is 15.2 Å². The van der Waals surface area contributed by atoms with E-state index >= 15 is 0 Å². The maximum Gasteiger partial charge on any atom is 0.264 e. The molecule has 1 aromatic rings. The molecule has 1 aromatic carbocycles. The number of halogens is 2. The Balaban J connectivity index is 2.41. The van der Waals surface area contributed by atoms with Gasteiger partial charge >= 0.3 is 0 Å². The van der Waals surface area contributed by atoms with Crippen LogP contribution in [0.5, 0.6) is 11.5 Å². The number of rotatable bonds is 3. The summed E-state index contributed by atoms with van der Waals surface area (Å²) in [6.45, 7) is 1.37. The summed E-state index contributed by atoms with van der Waals surface area (Å²) in [7, 11) is 0. The molecule has 0 unspecified atom stereocenters. The Morgan fingerprint density at radius 2 is 1.82 bits per heavy atom. The minimum absolute atomic E-state index is 0.0142. The largest absolute Gasteiger partial charge is 0.490 e. The predicted molar refractivity (Wildman–Crippen MR) is 59.8 cm³/mol. The van der Waals surface area contributed by atoms with Crippen LogP contribution in [0, 0.1) is 0 Å². The predicted octanol–water partition coefficient (Wildman–Crippen LogP) is 2.29. The van der Waals surface area contributed by atoms with E-state index in [1.807, 2.05) is 0 Å². The summed E-state index contributed by atoms with van der Waals surface area (Å²) in [5.74, 6) is 0.939. The highest BCUT2D eigenvalue weighted by molar-refractivity contribution is 5.48. The standard InChI is InChI=1S/C12H15F2NO2/c13-12(14)9-7-11-10(6-8(9)2-3-15)16-4-1-5-17-11/h6-7,12H,1-5,15H2. The number of ether oxygens (including phenoxy) is 2. The topological polar surface area (TPSA) is 44.5 Å². The molecule has 0 fully saturated rings. The highest BCUT2D eigenvalue weighted by Gasteiger charge is 2.19. The molecule has 2 rings (SSSR count). The van der Waals surface area contributed by atoms with Crippen LogP contribution in [-0.4, -0.2) is 19.8 Å².